The molecule has 6 heteroatoms. The molecule has 0 radical (unpaired) electrons. The third-order valence-electron chi connectivity index (χ3n) is 4.44. The van der Waals surface area contributed by atoms with Gasteiger partial charge in [-0.2, -0.15) is 11.3 Å². The van der Waals surface area contributed by atoms with Crippen molar-refractivity contribution in [2.24, 2.45) is 0 Å². The van der Waals surface area contributed by atoms with Crippen molar-refractivity contribution in [2.75, 3.05) is 32.5 Å². The zero-order chi connectivity index (χ0) is 17.8. The zero-order valence-electron chi connectivity index (χ0n) is 14.6. The Hall–Kier alpha value is -2.18. The first kappa shape index (κ1) is 17.6. The van der Waals surface area contributed by atoms with Crippen LogP contribution in [0.3, 0.4) is 0 Å². The Balaban J connectivity index is 1.63. The highest BCUT2D eigenvalue weighted by molar-refractivity contribution is 7.07. The van der Waals surface area contributed by atoms with E-state index in [4.69, 9.17) is 0 Å². The molecule has 1 saturated heterocycles. The summed E-state index contributed by atoms with van der Waals surface area (Å²) in [5, 5.41) is 7.17. The van der Waals surface area contributed by atoms with Crippen molar-refractivity contribution < 1.29 is 9.59 Å². The number of rotatable bonds is 5. The van der Waals surface area contributed by atoms with Crippen molar-refractivity contribution >= 4 is 28.8 Å². The van der Waals surface area contributed by atoms with Crippen molar-refractivity contribution in [2.45, 2.75) is 18.9 Å². The Morgan fingerprint density at radius 2 is 2.16 bits per heavy atom. The molecule has 0 unspecified atom stereocenters. The normalized spacial score (nSPS) is 17.4. The molecule has 1 aliphatic rings. The molecule has 25 heavy (non-hydrogen) atoms. The third-order valence-corrected chi connectivity index (χ3v) is 5.14. The minimum Gasteiger partial charge on any atom is -0.345 e. The molecule has 0 bridgehead atoms. The minimum atomic E-state index is -0.0758. The fraction of sp³-hybridized carbons (Fsp3) is 0.368. The monoisotopic (exact) mass is 357 g/mol. The molecule has 2 amide bonds. The second kappa shape index (κ2) is 7.80. The lowest BCUT2D eigenvalue weighted by molar-refractivity contribution is -0.117. The van der Waals surface area contributed by atoms with Gasteiger partial charge in [-0.3, -0.25) is 14.5 Å². The molecule has 132 valence electrons. The van der Waals surface area contributed by atoms with Crippen LogP contribution in [0.4, 0.5) is 5.69 Å². The summed E-state index contributed by atoms with van der Waals surface area (Å²) in [6.45, 7) is 1.31. The summed E-state index contributed by atoms with van der Waals surface area (Å²) in [6.07, 6.45) is 2.21. The van der Waals surface area contributed by atoms with Crippen LogP contribution in [0.1, 0.15) is 34.8 Å². The number of nitrogens with zero attached hydrogens (tertiary/aromatic N) is 2. The van der Waals surface area contributed by atoms with Crippen molar-refractivity contribution in [3.63, 3.8) is 0 Å². The van der Waals surface area contributed by atoms with Crippen LogP contribution >= 0.6 is 11.3 Å². The second-order valence-corrected chi connectivity index (χ2v) is 7.29. The molecular weight excluding hydrogens is 334 g/mol. The highest BCUT2D eigenvalue weighted by Gasteiger charge is 2.27. The van der Waals surface area contributed by atoms with Gasteiger partial charge < -0.3 is 10.2 Å². The molecule has 2 aromatic rings. The van der Waals surface area contributed by atoms with Gasteiger partial charge >= 0.3 is 0 Å². The van der Waals surface area contributed by atoms with E-state index in [9.17, 15) is 9.59 Å². The topological polar surface area (TPSA) is 52.7 Å². The minimum absolute atomic E-state index is 0.0448. The SMILES string of the molecule is CN(C)C(=O)c1cccc(NC(=O)CN2CCC[C@H]2c2ccsc2)c1. The van der Waals surface area contributed by atoms with Crippen LogP contribution in [-0.4, -0.2) is 48.8 Å². The smallest absolute Gasteiger partial charge is 0.253 e. The van der Waals surface area contributed by atoms with Crippen molar-refractivity contribution in [3.05, 3.63) is 52.2 Å². The number of carbonyl (C=O) groups excluding carboxylic acids is 2. The Kier molecular flexibility index (Phi) is 5.50. The van der Waals surface area contributed by atoms with Crippen molar-refractivity contribution in [3.8, 4) is 0 Å². The van der Waals surface area contributed by atoms with E-state index in [-0.39, 0.29) is 11.8 Å². The summed E-state index contributed by atoms with van der Waals surface area (Å²) < 4.78 is 0. The third kappa shape index (κ3) is 4.27. The molecule has 0 saturated carbocycles. The van der Waals surface area contributed by atoms with E-state index < -0.39 is 0 Å². The van der Waals surface area contributed by atoms with Crippen LogP contribution in [0, 0.1) is 0 Å². The van der Waals surface area contributed by atoms with E-state index in [0.29, 0.717) is 23.8 Å². The first-order valence-electron chi connectivity index (χ1n) is 8.42. The van der Waals surface area contributed by atoms with E-state index in [2.05, 4.69) is 27.0 Å². The van der Waals surface area contributed by atoms with Gasteiger partial charge in [0.2, 0.25) is 5.91 Å². The van der Waals surface area contributed by atoms with E-state index in [1.807, 2.05) is 6.07 Å². The molecule has 0 aliphatic carbocycles. The maximum atomic E-state index is 12.5. The number of anilines is 1. The largest absolute Gasteiger partial charge is 0.345 e. The van der Waals surface area contributed by atoms with E-state index in [1.165, 1.54) is 10.5 Å². The molecule has 1 fully saturated rings. The van der Waals surface area contributed by atoms with Gasteiger partial charge in [-0.15, -0.1) is 0 Å². The molecule has 1 aromatic carbocycles. The van der Waals surface area contributed by atoms with Gasteiger partial charge in [0, 0.05) is 31.4 Å². The maximum absolute atomic E-state index is 12.5. The van der Waals surface area contributed by atoms with Gasteiger partial charge in [0.1, 0.15) is 0 Å². The maximum Gasteiger partial charge on any atom is 0.253 e. The number of nitrogens with one attached hydrogen (secondary N) is 1. The fourth-order valence-corrected chi connectivity index (χ4v) is 3.94. The molecular formula is C19H23N3O2S. The van der Waals surface area contributed by atoms with Gasteiger partial charge in [0.05, 0.1) is 6.54 Å². The lowest BCUT2D eigenvalue weighted by atomic mass is 10.1. The molecule has 1 aliphatic heterocycles. The zero-order valence-corrected chi connectivity index (χ0v) is 15.4. The molecule has 0 spiro atoms. The summed E-state index contributed by atoms with van der Waals surface area (Å²) in [7, 11) is 3.43. The number of carbonyl (C=O) groups is 2. The fourth-order valence-electron chi connectivity index (χ4n) is 3.23. The predicted molar refractivity (Wildman–Crippen MR) is 101 cm³/mol. The number of hydrogen-bond acceptors (Lipinski definition) is 4. The van der Waals surface area contributed by atoms with Gasteiger partial charge in [-0.25, -0.2) is 0 Å². The summed E-state index contributed by atoms with van der Waals surface area (Å²) in [6, 6.07) is 9.55. The van der Waals surface area contributed by atoms with Crippen LogP contribution in [0.25, 0.3) is 0 Å². The molecule has 1 N–H and O–H groups in total. The lowest BCUT2D eigenvalue weighted by Gasteiger charge is -2.23. The molecule has 2 heterocycles. The summed E-state index contributed by atoms with van der Waals surface area (Å²) >= 11 is 1.69. The molecule has 1 atom stereocenters. The Morgan fingerprint density at radius 3 is 2.88 bits per heavy atom. The second-order valence-electron chi connectivity index (χ2n) is 6.51. The lowest BCUT2D eigenvalue weighted by Crippen LogP contribution is -2.32. The van der Waals surface area contributed by atoms with Gasteiger partial charge in [0.15, 0.2) is 0 Å². The van der Waals surface area contributed by atoms with Gasteiger partial charge in [-0.1, -0.05) is 6.07 Å². The van der Waals surface area contributed by atoms with E-state index in [0.717, 1.165) is 19.4 Å². The van der Waals surface area contributed by atoms with E-state index >= 15 is 0 Å². The van der Waals surface area contributed by atoms with Crippen LogP contribution in [-0.2, 0) is 4.79 Å². The van der Waals surface area contributed by atoms with Gasteiger partial charge in [-0.05, 0) is 60.0 Å². The summed E-state index contributed by atoms with van der Waals surface area (Å²) in [5.41, 5.74) is 2.53. The van der Waals surface area contributed by atoms with Gasteiger partial charge in [0.25, 0.3) is 5.91 Å². The highest BCUT2D eigenvalue weighted by atomic mass is 32.1. The van der Waals surface area contributed by atoms with Crippen LogP contribution < -0.4 is 5.32 Å². The number of likely N-dealkylation sites (tertiary alicyclic amines) is 1. The Bertz CT molecular complexity index is 743. The standard InChI is InChI=1S/C19H23N3O2S/c1-21(2)19(24)14-5-3-6-16(11-14)20-18(23)12-22-9-4-7-17(22)15-8-10-25-13-15/h3,5-6,8,10-11,13,17H,4,7,9,12H2,1-2H3,(H,20,23)/t17-/m0/s1. The Morgan fingerprint density at radius 1 is 1.32 bits per heavy atom. The first-order chi connectivity index (χ1) is 12.0. The molecule has 3 rings (SSSR count). The summed E-state index contributed by atoms with van der Waals surface area (Å²) in [5.74, 6) is -0.121. The number of hydrogen-bond donors (Lipinski definition) is 1. The number of amides is 2. The van der Waals surface area contributed by atoms with Crippen molar-refractivity contribution in [1.29, 1.82) is 0 Å². The average Bonchev–Trinajstić information content (AvgIpc) is 3.25. The predicted octanol–water partition coefficient (Wildman–Crippen LogP) is 3.23. The first-order valence-corrected chi connectivity index (χ1v) is 9.36. The van der Waals surface area contributed by atoms with Crippen LogP contribution in [0.5, 0.6) is 0 Å². The Labute approximate surface area is 152 Å². The highest BCUT2D eigenvalue weighted by Crippen LogP contribution is 2.32. The average molecular weight is 357 g/mol. The molecule has 5 nitrogen and oxygen atoms in total. The van der Waals surface area contributed by atoms with E-state index in [1.54, 1.807) is 43.6 Å². The van der Waals surface area contributed by atoms with Crippen LogP contribution in [0.2, 0.25) is 0 Å². The number of thiophene rings is 1. The quantitative estimate of drug-likeness (QED) is 0.894. The van der Waals surface area contributed by atoms with Crippen molar-refractivity contribution in [1.82, 2.24) is 9.80 Å². The number of benzene rings is 1. The molecule has 1 aromatic heterocycles. The summed E-state index contributed by atoms with van der Waals surface area (Å²) in [4.78, 5) is 28.2. The van der Waals surface area contributed by atoms with Crippen LogP contribution in [0.15, 0.2) is 41.1 Å².